The molecule has 3 rings (SSSR count). The van der Waals surface area contributed by atoms with Gasteiger partial charge in [-0.1, -0.05) is 15.9 Å². The summed E-state index contributed by atoms with van der Waals surface area (Å²) in [5, 5.41) is 18.2. The third-order valence-electron chi connectivity index (χ3n) is 3.85. The molecule has 0 spiro atoms. The minimum atomic E-state index is -0.534. The van der Waals surface area contributed by atoms with E-state index in [-0.39, 0.29) is 0 Å². The summed E-state index contributed by atoms with van der Waals surface area (Å²) in [6, 6.07) is 7.79. The molecular weight excluding hydrogens is 334 g/mol. The fourth-order valence-electron chi connectivity index (χ4n) is 2.41. The first-order chi connectivity index (χ1) is 10.0. The van der Waals surface area contributed by atoms with Gasteiger partial charge in [0.15, 0.2) is 0 Å². The maximum absolute atomic E-state index is 9.95. The summed E-state index contributed by atoms with van der Waals surface area (Å²) >= 11 is 3.40. The summed E-state index contributed by atoms with van der Waals surface area (Å²) in [7, 11) is 0. The number of halogens is 1. The Labute approximate surface area is 132 Å². The van der Waals surface area contributed by atoms with Gasteiger partial charge in [-0.15, -0.1) is 10.2 Å². The van der Waals surface area contributed by atoms with E-state index in [9.17, 15) is 5.11 Å². The summed E-state index contributed by atoms with van der Waals surface area (Å²) in [4.78, 5) is 2.23. The predicted octanol–water partition coefficient (Wildman–Crippen LogP) is 2.85. The Morgan fingerprint density at radius 1 is 1.24 bits per heavy atom. The highest BCUT2D eigenvalue weighted by atomic mass is 79.9. The molecule has 2 heterocycles. The quantitative estimate of drug-likeness (QED) is 0.920. The maximum Gasteiger partial charge on any atom is 0.247 e. The van der Waals surface area contributed by atoms with E-state index in [0.717, 1.165) is 36.0 Å². The normalized spacial score (nSPS) is 18.8. The second-order valence-corrected chi connectivity index (χ2v) is 6.70. The van der Waals surface area contributed by atoms with Crippen molar-refractivity contribution in [1.82, 2.24) is 15.1 Å². The Hall–Kier alpha value is -1.24. The molecule has 1 aliphatic heterocycles. The van der Waals surface area contributed by atoms with Gasteiger partial charge in [-0.05, 0) is 44.0 Å². The molecule has 0 bridgehead atoms. The van der Waals surface area contributed by atoms with E-state index in [1.165, 1.54) is 0 Å². The van der Waals surface area contributed by atoms with Crippen molar-refractivity contribution < 1.29 is 9.52 Å². The summed E-state index contributed by atoms with van der Waals surface area (Å²) in [6.45, 7) is 4.23. The van der Waals surface area contributed by atoms with Gasteiger partial charge in [-0.25, -0.2) is 0 Å². The summed E-state index contributed by atoms with van der Waals surface area (Å²) in [5.74, 6) is 1.16. The lowest BCUT2D eigenvalue weighted by molar-refractivity contribution is -0.00906. The fourth-order valence-corrected chi connectivity index (χ4v) is 2.68. The van der Waals surface area contributed by atoms with E-state index in [0.29, 0.717) is 18.3 Å². The molecule has 1 fully saturated rings. The molecule has 112 valence electrons. The zero-order chi connectivity index (χ0) is 14.9. The van der Waals surface area contributed by atoms with Crippen LogP contribution in [0.3, 0.4) is 0 Å². The van der Waals surface area contributed by atoms with Crippen LogP contribution in [0, 0.1) is 0 Å². The Morgan fingerprint density at radius 3 is 2.57 bits per heavy atom. The van der Waals surface area contributed by atoms with Crippen LogP contribution in [0.15, 0.2) is 33.2 Å². The van der Waals surface area contributed by atoms with Crippen molar-refractivity contribution in [3.63, 3.8) is 0 Å². The molecule has 0 unspecified atom stereocenters. The van der Waals surface area contributed by atoms with E-state index in [1.54, 1.807) is 0 Å². The highest BCUT2D eigenvalue weighted by molar-refractivity contribution is 9.10. The predicted molar refractivity (Wildman–Crippen MR) is 82.6 cm³/mol. The standard InChI is InChI=1S/C15H18BrN3O2/c1-15(20)6-8-19(9-7-15)10-13-17-18-14(21-13)11-2-4-12(16)5-3-11/h2-5,20H,6-10H2,1H3. The molecular formula is C15H18BrN3O2. The fraction of sp³-hybridized carbons (Fsp3) is 0.467. The van der Waals surface area contributed by atoms with Crippen molar-refractivity contribution in [2.45, 2.75) is 31.9 Å². The van der Waals surface area contributed by atoms with Crippen molar-refractivity contribution in [2.75, 3.05) is 13.1 Å². The molecule has 1 aromatic heterocycles. The first-order valence-electron chi connectivity index (χ1n) is 7.05. The lowest BCUT2D eigenvalue weighted by Gasteiger charge is -2.34. The van der Waals surface area contributed by atoms with Crippen LogP contribution in [0.2, 0.25) is 0 Å². The highest BCUT2D eigenvalue weighted by Gasteiger charge is 2.28. The highest BCUT2D eigenvalue weighted by Crippen LogP contribution is 2.24. The van der Waals surface area contributed by atoms with E-state index in [2.05, 4.69) is 31.0 Å². The molecule has 0 saturated carbocycles. The third-order valence-corrected chi connectivity index (χ3v) is 4.38. The average Bonchev–Trinajstić information content (AvgIpc) is 2.91. The van der Waals surface area contributed by atoms with Gasteiger partial charge in [0.05, 0.1) is 12.1 Å². The number of benzene rings is 1. The van der Waals surface area contributed by atoms with E-state index < -0.39 is 5.60 Å². The summed E-state index contributed by atoms with van der Waals surface area (Å²) < 4.78 is 6.74. The molecule has 1 N–H and O–H groups in total. The van der Waals surface area contributed by atoms with Gasteiger partial charge in [0, 0.05) is 23.1 Å². The van der Waals surface area contributed by atoms with E-state index in [1.807, 2.05) is 31.2 Å². The molecule has 21 heavy (non-hydrogen) atoms. The first-order valence-corrected chi connectivity index (χ1v) is 7.84. The third kappa shape index (κ3) is 3.70. The topological polar surface area (TPSA) is 62.4 Å². The van der Waals surface area contributed by atoms with Crippen LogP contribution < -0.4 is 0 Å². The monoisotopic (exact) mass is 351 g/mol. The van der Waals surface area contributed by atoms with Crippen molar-refractivity contribution >= 4 is 15.9 Å². The average molecular weight is 352 g/mol. The maximum atomic E-state index is 9.95. The van der Waals surface area contributed by atoms with Crippen LogP contribution in [0.4, 0.5) is 0 Å². The van der Waals surface area contributed by atoms with Crippen molar-refractivity contribution in [2.24, 2.45) is 0 Å². The van der Waals surface area contributed by atoms with Gasteiger partial charge in [-0.3, -0.25) is 4.90 Å². The lowest BCUT2D eigenvalue weighted by Crippen LogP contribution is -2.42. The van der Waals surface area contributed by atoms with Crippen LogP contribution in [0.25, 0.3) is 11.5 Å². The molecule has 1 aliphatic rings. The Morgan fingerprint density at radius 2 is 1.90 bits per heavy atom. The molecule has 0 atom stereocenters. The Bertz CT molecular complexity index is 600. The number of aromatic nitrogens is 2. The second kappa shape index (κ2) is 5.87. The Balaban J connectivity index is 1.64. The Kier molecular flexibility index (Phi) is 4.10. The molecule has 0 amide bonds. The molecule has 0 aliphatic carbocycles. The molecule has 2 aromatic rings. The van der Waals surface area contributed by atoms with Crippen LogP contribution in [0.1, 0.15) is 25.7 Å². The summed E-state index contributed by atoms with van der Waals surface area (Å²) in [5.41, 5.74) is 0.382. The van der Waals surface area contributed by atoms with Gasteiger partial charge in [-0.2, -0.15) is 0 Å². The number of aliphatic hydroxyl groups is 1. The molecule has 0 radical (unpaired) electrons. The van der Waals surface area contributed by atoms with Crippen LogP contribution in [-0.4, -0.2) is 38.9 Å². The van der Waals surface area contributed by atoms with Crippen LogP contribution >= 0.6 is 15.9 Å². The van der Waals surface area contributed by atoms with Crippen LogP contribution in [0.5, 0.6) is 0 Å². The van der Waals surface area contributed by atoms with Gasteiger partial charge in [0.1, 0.15) is 0 Å². The van der Waals surface area contributed by atoms with Gasteiger partial charge >= 0.3 is 0 Å². The number of likely N-dealkylation sites (tertiary alicyclic amines) is 1. The van der Waals surface area contributed by atoms with Gasteiger partial charge in [0.25, 0.3) is 0 Å². The van der Waals surface area contributed by atoms with Gasteiger partial charge < -0.3 is 9.52 Å². The van der Waals surface area contributed by atoms with E-state index in [4.69, 9.17) is 4.42 Å². The zero-order valence-electron chi connectivity index (χ0n) is 11.9. The van der Waals surface area contributed by atoms with Gasteiger partial charge in [0.2, 0.25) is 11.8 Å². The van der Waals surface area contributed by atoms with Crippen molar-refractivity contribution in [3.8, 4) is 11.5 Å². The van der Waals surface area contributed by atoms with Crippen LogP contribution in [-0.2, 0) is 6.54 Å². The molecule has 1 aromatic carbocycles. The van der Waals surface area contributed by atoms with Crippen molar-refractivity contribution in [1.29, 1.82) is 0 Å². The second-order valence-electron chi connectivity index (χ2n) is 5.78. The largest absolute Gasteiger partial charge is 0.419 e. The lowest BCUT2D eigenvalue weighted by atomic mass is 9.94. The number of piperidine rings is 1. The number of hydrogen-bond donors (Lipinski definition) is 1. The number of hydrogen-bond acceptors (Lipinski definition) is 5. The van der Waals surface area contributed by atoms with E-state index >= 15 is 0 Å². The minimum Gasteiger partial charge on any atom is -0.419 e. The number of nitrogens with zero attached hydrogens (tertiary/aromatic N) is 3. The number of rotatable bonds is 3. The first kappa shape index (κ1) is 14.7. The SMILES string of the molecule is CC1(O)CCN(Cc2nnc(-c3ccc(Br)cc3)o2)CC1. The van der Waals surface area contributed by atoms with Crippen molar-refractivity contribution in [3.05, 3.63) is 34.6 Å². The molecule has 1 saturated heterocycles. The molecule has 5 nitrogen and oxygen atoms in total. The molecule has 6 heteroatoms. The smallest absolute Gasteiger partial charge is 0.247 e. The minimum absolute atomic E-state index is 0.534. The summed E-state index contributed by atoms with van der Waals surface area (Å²) in [6.07, 6.45) is 1.56. The zero-order valence-corrected chi connectivity index (χ0v) is 13.5.